The zero-order chi connectivity index (χ0) is 23.8. The van der Waals surface area contributed by atoms with Crippen LogP contribution in [-0.4, -0.2) is 54.2 Å². The van der Waals surface area contributed by atoms with Crippen molar-refractivity contribution in [3.63, 3.8) is 0 Å². The lowest BCUT2D eigenvalue weighted by atomic mass is 10.2. The van der Waals surface area contributed by atoms with Crippen molar-refractivity contribution in [3.05, 3.63) is 70.9 Å². The molecule has 0 saturated carbocycles. The van der Waals surface area contributed by atoms with Gasteiger partial charge in [0.1, 0.15) is 17.6 Å². The fourth-order valence-corrected chi connectivity index (χ4v) is 6.40. The molecule has 1 fully saturated rings. The molecule has 0 aliphatic carbocycles. The summed E-state index contributed by atoms with van der Waals surface area (Å²) in [6.07, 6.45) is -0.0599. The number of carboxylic acid groups (broad SMARTS) is 1. The minimum atomic E-state index is -3.89. The molecule has 174 valence electrons. The van der Waals surface area contributed by atoms with Crippen LogP contribution in [0.5, 0.6) is 5.75 Å². The first-order valence-electron chi connectivity index (χ1n) is 10.4. The van der Waals surface area contributed by atoms with Gasteiger partial charge in [-0.25, -0.2) is 17.9 Å². The second kappa shape index (κ2) is 9.07. The van der Waals surface area contributed by atoms with Crippen LogP contribution in [0.4, 0.5) is 5.82 Å². The first-order chi connectivity index (χ1) is 15.7. The quantitative estimate of drug-likeness (QED) is 0.542. The molecule has 0 unspecified atom stereocenters. The van der Waals surface area contributed by atoms with E-state index in [2.05, 4.69) is 5.10 Å². The molecule has 8 nitrogen and oxygen atoms in total. The molecule has 1 aromatic heterocycles. The zero-order valence-electron chi connectivity index (χ0n) is 18.2. The number of aryl methyl sites for hydroxylation is 1. The largest absolute Gasteiger partial charge is 0.497 e. The Morgan fingerprint density at radius 3 is 2.58 bits per heavy atom. The second-order valence-corrected chi connectivity index (χ2v) is 10.6. The van der Waals surface area contributed by atoms with E-state index in [9.17, 15) is 18.3 Å². The monoisotopic (exact) mass is 489 g/mol. The molecule has 0 radical (unpaired) electrons. The number of hydrogen-bond donors (Lipinski definition) is 1. The van der Waals surface area contributed by atoms with E-state index in [0.29, 0.717) is 18.1 Å². The van der Waals surface area contributed by atoms with Crippen molar-refractivity contribution < 1.29 is 23.1 Å². The number of anilines is 1. The Morgan fingerprint density at radius 2 is 1.94 bits per heavy atom. The number of halogens is 1. The molecule has 2 aromatic carbocycles. The Balaban J connectivity index is 1.68. The Labute approximate surface area is 197 Å². The van der Waals surface area contributed by atoms with E-state index in [-0.39, 0.29) is 22.9 Å². The minimum Gasteiger partial charge on any atom is -0.497 e. The Bertz CT molecular complexity index is 1280. The lowest BCUT2D eigenvalue weighted by molar-refractivity contribution is -0.138. The van der Waals surface area contributed by atoms with Crippen molar-refractivity contribution in [2.45, 2.75) is 36.1 Å². The number of sulfone groups is 1. The molecule has 1 aliphatic rings. The van der Waals surface area contributed by atoms with Gasteiger partial charge in [-0.1, -0.05) is 41.9 Å². The molecule has 1 aliphatic heterocycles. The summed E-state index contributed by atoms with van der Waals surface area (Å²) in [5, 5.41) is 13.5. The highest BCUT2D eigenvalue weighted by atomic mass is 35.5. The summed E-state index contributed by atoms with van der Waals surface area (Å²) in [6, 6.07) is 14.8. The lowest BCUT2D eigenvalue weighted by Gasteiger charge is -2.24. The van der Waals surface area contributed by atoms with Gasteiger partial charge in [0, 0.05) is 18.7 Å². The van der Waals surface area contributed by atoms with Gasteiger partial charge in [0.15, 0.2) is 9.84 Å². The Kier molecular flexibility index (Phi) is 6.36. The molecule has 4 rings (SSSR count). The molecule has 1 saturated heterocycles. The van der Waals surface area contributed by atoms with Crippen LogP contribution in [-0.2, 0) is 21.2 Å². The summed E-state index contributed by atoms with van der Waals surface area (Å²) in [4.78, 5) is 13.7. The van der Waals surface area contributed by atoms with Gasteiger partial charge in [-0.05, 0) is 31.0 Å². The smallest absolute Gasteiger partial charge is 0.326 e. The summed E-state index contributed by atoms with van der Waals surface area (Å²) >= 11 is 6.24. The number of carboxylic acids is 1. The molecule has 2 heterocycles. The van der Waals surface area contributed by atoms with Gasteiger partial charge in [-0.15, -0.1) is 0 Å². The number of aromatic nitrogens is 2. The summed E-state index contributed by atoms with van der Waals surface area (Å²) < 4.78 is 33.6. The maximum absolute atomic E-state index is 13.4. The number of hydrogen-bond acceptors (Lipinski definition) is 6. The molecule has 0 spiro atoms. The SMILES string of the molecule is COc1ccc(S(=O)(=O)[C@@H]2C[C@@H](C(=O)O)N(c3cc(C)nn3Cc3ccccc3)C2)c(Cl)c1. The first kappa shape index (κ1) is 23.1. The number of carbonyl (C=O) groups is 1. The third-order valence-corrected chi connectivity index (χ3v) is 8.40. The molecule has 10 heteroatoms. The van der Waals surface area contributed by atoms with Crippen LogP contribution < -0.4 is 9.64 Å². The number of ether oxygens (including phenoxy) is 1. The van der Waals surface area contributed by atoms with E-state index in [0.717, 1.165) is 11.3 Å². The van der Waals surface area contributed by atoms with Crippen LogP contribution in [0.2, 0.25) is 5.02 Å². The van der Waals surface area contributed by atoms with E-state index in [1.165, 1.54) is 25.3 Å². The van der Waals surface area contributed by atoms with Crippen LogP contribution in [0, 0.1) is 6.92 Å². The van der Waals surface area contributed by atoms with Gasteiger partial charge in [0.25, 0.3) is 0 Å². The molecule has 33 heavy (non-hydrogen) atoms. The summed E-state index contributed by atoms with van der Waals surface area (Å²) in [5.74, 6) is -0.0726. The summed E-state index contributed by atoms with van der Waals surface area (Å²) in [7, 11) is -2.42. The van der Waals surface area contributed by atoms with Crippen molar-refractivity contribution in [1.82, 2.24) is 9.78 Å². The van der Waals surface area contributed by atoms with Crippen molar-refractivity contribution in [2.75, 3.05) is 18.6 Å². The van der Waals surface area contributed by atoms with Crippen LogP contribution in [0.3, 0.4) is 0 Å². The number of aliphatic carboxylic acids is 1. The Morgan fingerprint density at radius 1 is 1.21 bits per heavy atom. The van der Waals surface area contributed by atoms with Crippen molar-refractivity contribution in [2.24, 2.45) is 0 Å². The van der Waals surface area contributed by atoms with Gasteiger partial charge in [0.05, 0.1) is 34.5 Å². The van der Waals surface area contributed by atoms with Crippen molar-refractivity contribution in [3.8, 4) is 5.75 Å². The van der Waals surface area contributed by atoms with E-state index < -0.39 is 27.1 Å². The highest BCUT2D eigenvalue weighted by molar-refractivity contribution is 7.92. The summed E-state index contributed by atoms with van der Waals surface area (Å²) in [5.41, 5.74) is 1.72. The Hall–Kier alpha value is -3.04. The van der Waals surface area contributed by atoms with Crippen LogP contribution >= 0.6 is 11.6 Å². The van der Waals surface area contributed by atoms with Crippen LogP contribution in [0.25, 0.3) is 0 Å². The highest BCUT2D eigenvalue weighted by Gasteiger charge is 2.45. The molecular weight excluding hydrogens is 466 g/mol. The number of rotatable bonds is 7. The fraction of sp³-hybridized carbons (Fsp3) is 0.304. The highest BCUT2D eigenvalue weighted by Crippen LogP contribution is 2.36. The van der Waals surface area contributed by atoms with Crippen molar-refractivity contribution in [1.29, 1.82) is 0 Å². The summed E-state index contributed by atoms with van der Waals surface area (Å²) in [6.45, 7) is 2.28. The second-order valence-electron chi connectivity index (χ2n) is 7.99. The normalized spacial score (nSPS) is 18.5. The maximum Gasteiger partial charge on any atom is 0.326 e. The standard InChI is InChI=1S/C23H24ClN3O5S/c1-15-10-22(27(25-15)13-16-6-4-3-5-7-16)26-14-18(12-20(26)23(28)29)33(30,31)21-9-8-17(32-2)11-19(21)24/h3-11,18,20H,12-14H2,1-2H3,(H,28,29)/t18-,20+/m1/s1. The maximum atomic E-state index is 13.4. The van der Waals surface area contributed by atoms with Gasteiger partial charge >= 0.3 is 5.97 Å². The predicted molar refractivity (Wildman–Crippen MR) is 125 cm³/mol. The van der Waals surface area contributed by atoms with Crippen LogP contribution in [0.15, 0.2) is 59.5 Å². The zero-order valence-corrected chi connectivity index (χ0v) is 19.8. The van der Waals surface area contributed by atoms with Crippen molar-refractivity contribution >= 4 is 33.2 Å². The topological polar surface area (TPSA) is 102 Å². The van der Waals surface area contributed by atoms with E-state index >= 15 is 0 Å². The molecule has 3 aromatic rings. The number of methoxy groups -OCH3 is 1. The van der Waals surface area contributed by atoms with Gasteiger partial charge in [-0.3, -0.25) is 0 Å². The van der Waals surface area contributed by atoms with Crippen LogP contribution in [0.1, 0.15) is 17.7 Å². The average molecular weight is 490 g/mol. The molecular formula is C23H24ClN3O5S. The molecule has 1 N–H and O–H groups in total. The number of nitrogens with zero attached hydrogens (tertiary/aromatic N) is 3. The average Bonchev–Trinajstić information content (AvgIpc) is 3.38. The lowest BCUT2D eigenvalue weighted by Crippen LogP contribution is -2.37. The predicted octanol–water partition coefficient (Wildman–Crippen LogP) is 3.41. The van der Waals surface area contributed by atoms with E-state index in [1.807, 2.05) is 37.3 Å². The fourth-order valence-electron chi connectivity index (χ4n) is 4.16. The van der Waals surface area contributed by atoms with Gasteiger partial charge in [-0.2, -0.15) is 5.10 Å². The first-order valence-corrected chi connectivity index (χ1v) is 12.3. The van der Waals surface area contributed by atoms with Gasteiger partial charge in [0.2, 0.25) is 0 Å². The van der Waals surface area contributed by atoms with Gasteiger partial charge < -0.3 is 14.7 Å². The minimum absolute atomic E-state index is 0.0155. The molecule has 0 amide bonds. The molecule has 2 atom stereocenters. The van der Waals surface area contributed by atoms with E-state index in [1.54, 1.807) is 15.6 Å². The molecule has 0 bridgehead atoms. The third kappa shape index (κ3) is 4.56. The van der Waals surface area contributed by atoms with E-state index in [4.69, 9.17) is 16.3 Å². The third-order valence-electron chi connectivity index (χ3n) is 5.78. The number of benzene rings is 2.